The highest BCUT2D eigenvalue weighted by Crippen LogP contribution is 2.34. The van der Waals surface area contributed by atoms with Crippen LogP contribution in [-0.2, 0) is 17.5 Å². The molecule has 1 atom stereocenters. The van der Waals surface area contributed by atoms with Crippen molar-refractivity contribution in [3.8, 4) is 0 Å². The van der Waals surface area contributed by atoms with Gasteiger partial charge in [-0.3, -0.25) is 4.79 Å². The molecule has 4 aromatic rings. The highest BCUT2D eigenvalue weighted by atomic mass is 19.4. The van der Waals surface area contributed by atoms with Crippen LogP contribution in [0.5, 0.6) is 0 Å². The second kappa shape index (κ2) is 8.86. The summed E-state index contributed by atoms with van der Waals surface area (Å²) in [7, 11) is 0. The van der Waals surface area contributed by atoms with Crippen molar-refractivity contribution < 1.29 is 22.4 Å². The lowest BCUT2D eigenvalue weighted by molar-refractivity contribution is -0.137. The van der Waals surface area contributed by atoms with Crippen molar-refractivity contribution in [3.63, 3.8) is 0 Å². The van der Waals surface area contributed by atoms with E-state index in [2.05, 4.69) is 10.3 Å². The van der Waals surface area contributed by atoms with Gasteiger partial charge < -0.3 is 10.3 Å². The molecule has 32 heavy (non-hydrogen) atoms. The van der Waals surface area contributed by atoms with Crippen LogP contribution in [0.2, 0.25) is 0 Å². The number of aromatic nitrogens is 1. The number of hydrogen-bond acceptors (Lipinski definition) is 1. The summed E-state index contributed by atoms with van der Waals surface area (Å²) < 4.78 is 52.2. The summed E-state index contributed by atoms with van der Waals surface area (Å²) in [6.07, 6.45) is -2.55. The fraction of sp³-hybridized carbons (Fsp3) is 0.160. The minimum absolute atomic E-state index is 0.0211. The predicted molar refractivity (Wildman–Crippen MR) is 114 cm³/mol. The fourth-order valence-corrected chi connectivity index (χ4v) is 3.80. The van der Waals surface area contributed by atoms with Gasteiger partial charge in [-0.25, -0.2) is 4.39 Å². The molecule has 2 N–H and O–H groups in total. The van der Waals surface area contributed by atoms with Gasteiger partial charge in [-0.1, -0.05) is 42.5 Å². The molecule has 4 rings (SSSR count). The third kappa shape index (κ3) is 4.82. The summed E-state index contributed by atoms with van der Waals surface area (Å²) in [5.74, 6) is -1.05. The van der Waals surface area contributed by atoms with Crippen molar-refractivity contribution in [2.45, 2.75) is 25.1 Å². The van der Waals surface area contributed by atoms with E-state index in [1.165, 1.54) is 24.3 Å². The standard InChI is InChI=1S/C25H20F4N2O/c26-19-10-8-17(9-11-19)21(22-15-30-23-7-2-1-6-20(22)23)13-24(32)31-14-16-4-3-5-18(12-16)25(27,28)29/h1-12,15,21,30H,13-14H2,(H,31,32). The first-order chi connectivity index (χ1) is 15.3. The minimum atomic E-state index is -4.44. The minimum Gasteiger partial charge on any atom is -0.361 e. The summed E-state index contributed by atoms with van der Waals surface area (Å²) in [5.41, 5.74) is 2.18. The van der Waals surface area contributed by atoms with E-state index < -0.39 is 11.7 Å². The van der Waals surface area contributed by atoms with E-state index in [4.69, 9.17) is 0 Å². The van der Waals surface area contributed by atoms with Crippen LogP contribution >= 0.6 is 0 Å². The zero-order chi connectivity index (χ0) is 22.7. The molecule has 1 amide bonds. The number of halogens is 4. The van der Waals surface area contributed by atoms with Gasteiger partial charge in [0.1, 0.15) is 5.82 Å². The lowest BCUT2D eigenvalue weighted by Crippen LogP contribution is -2.25. The molecule has 1 unspecified atom stereocenters. The maximum absolute atomic E-state index is 13.5. The molecule has 0 bridgehead atoms. The van der Waals surface area contributed by atoms with Gasteiger partial charge in [0.05, 0.1) is 5.56 Å². The van der Waals surface area contributed by atoms with Gasteiger partial charge in [-0.05, 0) is 47.0 Å². The number of hydrogen-bond donors (Lipinski definition) is 2. The maximum Gasteiger partial charge on any atom is 0.416 e. The normalized spacial score (nSPS) is 12.6. The summed E-state index contributed by atoms with van der Waals surface area (Å²) >= 11 is 0. The van der Waals surface area contributed by atoms with Gasteiger partial charge in [0.2, 0.25) is 5.91 Å². The Kier molecular flexibility index (Phi) is 5.99. The molecule has 1 aromatic heterocycles. The molecule has 0 aliphatic carbocycles. The van der Waals surface area contributed by atoms with E-state index in [9.17, 15) is 22.4 Å². The van der Waals surface area contributed by atoms with Gasteiger partial charge in [0, 0.05) is 36.0 Å². The van der Waals surface area contributed by atoms with E-state index >= 15 is 0 Å². The van der Waals surface area contributed by atoms with Crippen molar-refractivity contribution in [2.75, 3.05) is 0 Å². The Hall–Kier alpha value is -3.61. The average molecular weight is 440 g/mol. The van der Waals surface area contributed by atoms with Crippen molar-refractivity contribution in [1.29, 1.82) is 0 Å². The molecular weight excluding hydrogens is 420 g/mol. The van der Waals surface area contributed by atoms with Crippen LogP contribution in [0.25, 0.3) is 10.9 Å². The number of nitrogens with one attached hydrogen (secondary N) is 2. The number of para-hydroxylation sites is 1. The monoisotopic (exact) mass is 440 g/mol. The van der Waals surface area contributed by atoms with E-state index in [0.29, 0.717) is 5.56 Å². The van der Waals surface area contributed by atoms with Gasteiger partial charge >= 0.3 is 6.18 Å². The SMILES string of the molecule is O=C(CC(c1ccc(F)cc1)c1c[nH]c2ccccc12)NCc1cccc(C(F)(F)F)c1. The molecule has 1 heterocycles. The van der Waals surface area contributed by atoms with Crippen LogP contribution in [0.1, 0.15) is 34.6 Å². The van der Waals surface area contributed by atoms with Gasteiger partial charge in [0.25, 0.3) is 0 Å². The van der Waals surface area contributed by atoms with Crippen molar-refractivity contribution in [3.05, 3.63) is 107 Å². The molecular formula is C25H20F4N2O. The topological polar surface area (TPSA) is 44.9 Å². The van der Waals surface area contributed by atoms with Crippen molar-refractivity contribution in [1.82, 2.24) is 10.3 Å². The Morgan fingerprint density at radius 2 is 1.72 bits per heavy atom. The molecule has 0 spiro atoms. The number of amides is 1. The number of H-pyrrole nitrogens is 1. The van der Waals surface area contributed by atoms with E-state index in [-0.39, 0.29) is 30.6 Å². The second-order valence-electron chi connectivity index (χ2n) is 7.57. The smallest absolute Gasteiger partial charge is 0.361 e. The molecule has 7 heteroatoms. The zero-order valence-electron chi connectivity index (χ0n) is 16.9. The number of fused-ring (bicyclic) bond motifs is 1. The number of alkyl halides is 3. The molecule has 3 aromatic carbocycles. The first-order valence-electron chi connectivity index (χ1n) is 10.1. The van der Waals surface area contributed by atoms with Crippen molar-refractivity contribution >= 4 is 16.8 Å². The number of rotatable bonds is 6. The first-order valence-corrected chi connectivity index (χ1v) is 10.1. The lowest BCUT2D eigenvalue weighted by Gasteiger charge is -2.17. The molecule has 0 saturated heterocycles. The Morgan fingerprint density at radius 1 is 0.969 bits per heavy atom. The van der Waals surface area contributed by atoms with Crippen molar-refractivity contribution in [2.24, 2.45) is 0 Å². The number of carbonyl (C=O) groups excluding carboxylic acids is 1. The molecule has 0 saturated carbocycles. The molecule has 164 valence electrons. The van der Waals surface area contributed by atoms with Gasteiger partial charge in [-0.2, -0.15) is 13.2 Å². The lowest BCUT2D eigenvalue weighted by atomic mass is 9.88. The summed E-state index contributed by atoms with van der Waals surface area (Å²) in [6.45, 7) is -0.0211. The summed E-state index contributed by atoms with van der Waals surface area (Å²) in [6, 6.07) is 18.5. The zero-order valence-corrected chi connectivity index (χ0v) is 16.9. The maximum atomic E-state index is 13.5. The first kappa shape index (κ1) is 21.6. The van der Waals surface area contributed by atoms with Crippen LogP contribution in [0.4, 0.5) is 17.6 Å². The van der Waals surface area contributed by atoms with Crippen LogP contribution < -0.4 is 5.32 Å². The predicted octanol–water partition coefficient (Wildman–Crippen LogP) is 6.16. The van der Waals surface area contributed by atoms with Gasteiger partial charge in [-0.15, -0.1) is 0 Å². The average Bonchev–Trinajstić information content (AvgIpc) is 3.20. The largest absolute Gasteiger partial charge is 0.416 e. The number of aromatic amines is 1. The van der Waals surface area contributed by atoms with E-state index in [0.717, 1.165) is 34.2 Å². The highest BCUT2D eigenvalue weighted by molar-refractivity contribution is 5.86. The number of carbonyl (C=O) groups is 1. The quantitative estimate of drug-likeness (QED) is 0.346. The van der Waals surface area contributed by atoms with E-state index in [1.54, 1.807) is 12.1 Å². The fourth-order valence-electron chi connectivity index (χ4n) is 3.80. The molecule has 3 nitrogen and oxygen atoms in total. The Balaban J connectivity index is 1.55. The van der Waals surface area contributed by atoms with E-state index in [1.807, 2.05) is 30.5 Å². The molecule has 0 radical (unpaired) electrons. The van der Waals surface area contributed by atoms with Crippen LogP contribution in [0.3, 0.4) is 0 Å². The number of benzene rings is 3. The van der Waals surface area contributed by atoms with Gasteiger partial charge in [0.15, 0.2) is 0 Å². The Labute approximate surface area is 182 Å². The third-order valence-electron chi connectivity index (χ3n) is 5.40. The molecule has 0 aliphatic rings. The summed E-state index contributed by atoms with van der Waals surface area (Å²) in [5, 5.41) is 3.66. The summed E-state index contributed by atoms with van der Waals surface area (Å²) in [4.78, 5) is 16.0. The van der Waals surface area contributed by atoms with Crippen LogP contribution in [-0.4, -0.2) is 10.9 Å². The Morgan fingerprint density at radius 3 is 2.47 bits per heavy atom. The third-order valence-corrected chi connectivity index (χ3v) is 5.40. The molecule has 0 aliphatic heterocycles. The molecule has 0 fully saturated rings. The van der Waals surface area contributed by atoms with Crippen LogP contribution in [0, 0.1) is 5.82 Å². The van der Waals surface area contributed by atoms with Crippen LogP contribution in [0.15, 0.2) is 79.0 Å². The Bertz CT molecular complexity index is 1230. The highest BCUT2D eigenvalue weighted by Gasteiger charge is 2.30. The second-order valence-corrected chi connectivity index (χ2v) is 7.57.